The van der Waals surface area contributed by atoms with Crippen molar-refractivity contribution in [2.45, 2.75) is 69.7 Å². The molecule has 0 spiro atoms. The fraction of sp³-hybridized carbons (Fsp3) is 0.586. The number of fused-ring (bicyclic) bond motifs is 1. The Morgan fingerprint density at radius 1 is 1.09 bits per heavy atom. The molecule has 1 aromatic rings. The third-order valence-electron chi connectivity index (χ3n) is 8.28. The van der Waals surface area contributed by atoms with Gasteiger partial charge in [0.1, 0.15) is 5.70 Å². The van der Waals surface area contributed by atoms with E-state index in [1.807, 2.05) is 0 Å². The van der Waals surface area contributed by atoms with Gasteiger partial charge in [-0.05, 0) is 55.9 Å². The molecule has 3 N–H and O–H groups in total. The molecule has 0 unspecified atom stereocenters. The molecule has 2 saturated heterocycles. The van der Waals surface area contributed by atoms with Crippen LogP contribution in [0.4, 0.5) is 26.3 Å². The molecule has 0 aromatic heterocycles. The topological polar surface area (TPSA) is 92.4 Å². The Labute approximate surface area is 246 Å². The van der Waals surface area contributed by atoms with Crippen molar-refractivity contribution in [3.8, 4) is 0 Å². The monoisotopic (exact) mass is 617 g/mol. The first-order valence-corrected chi connectivity index (χ1v) is 14.1. The highest BCUT2D eigenvalue weighted by Crippen LogP contribution is 2.34. The summed E-state index contributed by atoms with van der Waals surface area (Å²) in [7, 11) is 1.62. The van der Waals surface area contributed by atoms with Gasteiger partial charge in [0.05, 0.1) is 18.3 Å². The second-order valence-electron chi connectivity index (χ2n) is 11.0. The Morgan fingerprint density at radius 3 is 2.42 bits per heavy atom. The maximum absolute atomic E-state index is 13.6. The minimum atomic E-state index is -4.97. The zero-order valence-electron chi connectivity index (χ0n) is 24.2. The van der Waals surface area contributed by atoms with Crippen LogP contribution in [-0.2, 0) is 33.4 Å². The normalized spacial score (nSPS) is 23.1. The molecule has 0 bridgehead atoms. The van der Waals surface area contributed by atoms with Crippen LogP contribution < -0.4 is 11.1 Å². The van der Waals surface area contributed by atoms with Crippen molar-refractivity contribution >= 4 is 11.7 Å². The van der Waals surface area contributed by atoms with Crippen molar-refractivity contribution in [3.05, 3.63) is 58.4 Å². The number of hydrogen-bond acceptors (Lipinski definition) is 6. The van der Waals surface area contributed by atoms with Crippen LogP contribution in [0.1, 0.15) is 42.9 Å². The number of methoxy groups -OCH3 is 1. The van der Waals surface area contributed by atoms with E-state index < -0.39 is 35.4 Å². The van der Waals surface area contributed by atoms with Gasteiger partial charge in [-0.25, -0.2) is 4.99 Å². The van der Waals surface area contributed by atoms with Gasteiger partial charge in [-0.1, -0.05) is 12.6 Å². The Kier molecular flexibility index (Phi) is 10.1. The van der Waals surface area contributed by atoms with Crippen molar-refractivity contribution in [2.75, 3.05) is 40.0 Å². The average Bonchev–Trinajstić information content (AvgIpc) is 2.97. The molecule has 43 heavy (non-hydrogen) atoms. The van der Waals surface area contributed by atoms with Crippen LogP contribution in [0.5, 0.6) is 0 Å². The number of nitrogens with two attached hydrogens (primary N) is 1. The highest BCUT2D eigenvalue weighted by atomic mass is 19.4. The van der Waals surface area contributed by atoms with Crippen molar-refractivity contribution in [1.29, 1.82) is 0 Å². The van der Waals surface area contributed by atoms with Gasteiger partial charge in [-0.2, -0.15) is 26.3 Å². The van der Waals surface area contributed by atoms with E-state index in [0.29, 0.717) is 44.6 Å². The first kappa shape index (κ1) is 32.8. The van der Waals surface area contributed by atoms with Crippen molar-refractivity contribution in [2.24, 2.45) is 10.7 Å². The summed E-state index contributed by atoms with van der Waals surface area (Å²) in [4.78, 5) is 20.3. The molecule has 8 nitrogen and oxygen atoms in total. The van der Waals surface area contributed by atoms with E-state index in [4.69, 9.17) is 15.2 Å². The third-order valence-corrected chi connectivity index (χ3v) is 8.28. The third kappa shape index (κ3) is 7.90. The van der Waals surface area contributed by atoms with Crippen LogP contribution in [0.2, 0.25) is 0 Å². The molecule has 3 aliphatic heterocycles. The molecule has 4 rings (SSSR count). The van der Waals surface area contributed by atoms with Crippen LogP contribution >= 0.6 is 0 Å². The molecule has 3 heterocycles. The number of allylic oxidation sites excluding steroid dienone is 1. The molecule has 0 saturated carbocycles. The Bertz CT molecular complexity index is 1250. The summed E-state index contributed by atoms with van der Waals surface area (Å²) < 4.78 is 91.1. The summed E-state index contributed by atoms with van der Waals surface area (Å²) in [6.45, 7) is 7.44. The quantitative estimate of drug-likeness (QED) is 0.157. The number of ether oxygens (including phenoxy) is 2. The number of rotatable bonds is 7. The highest BCUT2D eigenvalue weighted by Gasteiger charge is 2.37. The molecule has 238 valence electrons. The van der Waals surface area contributed by atoms with E-state index in [9.17, 15) is 31.1 Å². The number of benzene rings is 1. The van der Waals surface area contributed by atoms with E-state index in [1.165, 1.54) is 17.9 Å². The molecule has 1 aromatic carbocycles. The Balaban J connectivity index is 1.52. The number of alkyl halides is 6. The minimum absolute atomic E-state index is 0.0428. The van der Waals surface area contributed by atoms with Gasteiger partial charge in [0, 0.05) is 63.2 Å². The number of carbonyl (C=O) groups is 1. The van der Waals surface area contributed by atoms with Gasteiger partial charge < -0.3 is 30.3 Å². The smallest absolute Gasteiger partial charge is 0.380 e. The van der Waals surface area contributed by atoms with Crippen LogP contribution in [-0.4, -0.2) is 85.9 Å². The van der Waals surface area contributed by atoms with Gasteiger partial charge in [0.15, 0.2) is 0 Å². The number of amidine groups is 1. The standard InChI is InChI=1S/C29H37F6N5O3/c1-17(18(2)40-10-6-19-4-5-21(28(30,31)32)14-20(19)15-40)25(38-27(36)29(33,34)35)26(41)39-11-7-22(8-12-39)37-23-9-13-43-16-24(23)42-3/h4-5,14,22-24,37H,2,6-13,15-16H2,1,3H3,(H2,36,38)/b25-17-/t23-,24+/m0/s1. The van der Waals surface area contributed by atoms with E-state index >= 15 is 0 Å². The number of likely N-dealkylation sites (tertiary alicyclic amines) is 1. The van der Waals surface area contributed by atoms with Crippen molar-refractivity contribution in [1.82, 2.24) is 15.1 Å². The largest absolute Gasteiger partial charge is 0.448 e. The number of hydrogen-bond donors (Lipinski definition) is 2. The van der Waals surface area contributed by atoms with Gasteiger partial charge in [0.2, 0.25) is 5.84 Å². The van der Waals surface area contributed by atoms with Gasteiger partial charge in [-0.3, -0.25) is 4.79 Å². The fourth-order valence-corrected chi connectivity index (χ4v) is 5.65. The lowest BCUT2D eigenvalue weighted by Gasteiger charge is -2.38. The molecule has 0 radical (unpaired) electrons. The van der Waals surface area contributed by atoms with Gasteiger partial charge in [0.25, 0.3) is 5.91 Å². The Morgan fingerprint density at radius 2 is 1.79 bits per heavy atom. The van der Waals surface area contributed by atoms with Crippen LogP contribution in [0.25, 0.3) is 0 Å². The molecule has 14 heteroatoms. The van der Waals surface area contributed by atoms with E-state index in [1.54, 1.807) is 12.0 Å². The molecular weight excluding hydrogens is 580 g/mol. The second-order valence-corrected chi connectivity index (χ2v) is 11.0. The predicted molar refractivity (Wildman–Crippen MR) is 148 cm³/mol. The minimum Gasteiger partial charge on any atom is -0.380 e. The Hall–Kier alpha value is -3.10. The molecule has 2 atom stereocenters. The summed E-state index contributed by atoms with van der Waals surface area (Å²) in [5.41, 5.74) is 5.38. The summed E-state index contributed by atoms with van der Waals surface area (Å²) in [5, 5.41) is 3.56. The van der Waals surface area contributed by atoms with E-state index in [2.05, 4.69) is 16.9 Å². The predicted octanol–water partition coefficient (Wildman–Crippen LogP) is 4.16. The molecule has 1 amide bonds. The SMILES string of the molecule is C=C(/C(C)=C(\N=C(N)C(F)(F)F)C(=O)N1CCC(N[C@H]2CCOC[C@H]2OC)CC1)N1CCc2ccc(C(F)(F)F)cc2C1. The molecular formula is C29H37F6N5O3. The van der Waals surface area contributed by atoms with Crippen molar-refractivity contribution in [3.63, 3.8) is 0 Å². The number of piperidine rings is 1. The number of carbonyl (C=O) groups excluding carboxylic acids is 1. The summed E-state index contributed by atoms with van der Waals surface area (Å²) in [5.74, 6) is -2.40. The molecule has 2 fully saturated rings. The highest BCUT2D eigenvalue weighted by molar-refractivity contribution is 5.99. The first-order chi connectivity index (χ1) is 20.2. The molecule has 3 aliphatic rings. The number of amides is 1. The van der Waals surface area contributed by atoms with E-state index in [-0.39, 0.29) is 49.1 Å². The number of aliphatic imine (C=N–C) groups is 1. The number of halogens is 6. The van der Waals surface area contributed by atoms with E-state index in [0.717, 1.165) is 24.1 Å². The summed E-state index contributed by atoms with van der Waals surface area (Å²) >= 11 is 0. The van der Waals surface area contributed by atoms with Crippen LogP contribution in [0.15, 0.2) is 46.7 Å². The maximum Gasteiger partial charge on any atom is 0.448 e. The maximum atomic E-state index is 13.6. The first-order valence-electron chi connectivity index (χ1n) is 14.1. The van der Waals surface area contributed by atoms with Gasteiger partial charge in [-0.15, -0.1) is 0 Å². The fourth-order valence-electron chi connectivity index (χ4n) is 5.65. The lowest BCUT2D eigenvalue weighted by molar-refractivity contribution is -0.137. The number of nitrogens with zero attached hydrogens (tertiary/aromatic N) is 3. The molecule has 0 aliphatic carbocycles. The van der Waals surface area contributed by atoms with Crippen molar-refractivity contribution < 1.29 is 40.6 Å². The summed E-state index contributed by atoms with van der Waals surface area (Å²) in [6.07, 6.45) is -7.29. The lowest BCUT2D eigenvalue weighted by Crippen LogP contribution is -2.54. The lowest BCUT2D eigenvalue weighted by atomic mass is 9.96. The zero-order chi connectivity index (χ0) is 31.5. The number of nitrogens with one attached hydrogen (secondary N) is 1. The van der Waals surface area contributed by atoms with Crippen LogP contribution in [0.3, 0.4) is 0 Å². The second kappa shape index (κ2) is 13.3. The van der Waals surface area contributed by atoms with Gasteiger partial charge >= 0.3 is 12.4 Å². The van der Waals surface area contributed by atoms with Crippen LogP contribution in [0, 0.1) is 0 Å². The average molecular weight is 618 g/mol. The summed E-state index contributed by atoms with van der Waals surface area (Å²) in [6, 6.07) is 3.68. The zero-order valence-corrected chi connectivity index (χ0v) is 24.2.